The molecule has 2 aromatic carbocycles. The van der Waals surface area contributed by atoms with Gasteiger partial charge >= 0.3 is 36.4 Å². The van der Waals surface area contributed by atoms with Crippen LogP contribution in [0.15, 0.2) is 71.5 Å². The van der Waals surface area contributed by atoms with Crippen LogP contribution in [0.2, 0.25) is 0 Å². The second-order valence-electron chi connectivity index (χ2n) is 9.88. The smallest absolute Gasteiger partial charge is 0.475 e. The largest absolute Gasteiger partial charge is 0.490 e. The first kappa shape index (κ1) is 44.9. The van der Waals surface area contributed by atoms with Gasteiger partial charge in [-0.1, -0.05) is 34.1 Å². The molecule has 52 heavy (non-hydrogen) atoms. The minimum absolute atomic E-state index is 0.158. The van der Waals surface area contributed by atoms with Crippen LogP contribution < -0.4 is 15.1 Å². The third kappa shape index (κ3) is 16.7. The summed E-state index contributed by atoms with van der Waals surface area (Å²) >= 11 is 3.54. The summed E-state index contributed by atoms with van der Waals surface area (Å²) in [7, 11) is 0. The Kier molecular flexibility index (Phi) is 17.3. The van der Waals surface area contributed by atoms with Crippen LogP contribution in [0.3, 0.4) is 0 Å². The highest BCUT2D eigenvalue weighted by Crippen LogP contribution is 2.25. The van der Waals surface area contributed by atoms with Gasteiger partial charge in [0.2, 0.25) is 0 Å². The molecule has 0 unspecified atom stereocenters. The van der Waals surface area contributed by atoms with E-state index in [1.54, 1.807) is 18.2 Å². The zero-order valence-corrected chi connectivity index (χ0v) is 27.7. The monoisotopic (exact) mass is 824 g/mol. The van der Waals surface area contributed by atoms with Gasteiger partial charge in [0.1, 0.15) is 5.82 Å². The number of piperazine rings is 1. The minimum atomic E-state index is -5.08. The van der Waals surface area contributed by atoms with Crippen LogP contribution in [0.1, 0.15) is 15.9 Å². The van der Waals surface area contributed by atoms with E-state index in [9.17, 15) is 48.7 Å². The Balaban J connectivity index is 0.000000525. The van der Waals surface area contributed by atoms with Gasteiger partial charge in [0.05, 0.1) is 0 Å². The fourth-order valence-corrected chi connectivity index (χ4v) is 4.26. The summed E-state index contributed by atoms with van der Waals surface area (Å²) in [4.78, 5) is 48.1. The van der Waals surface area contributed by atoms with Gasteiger partial charge in [0.25, 0.3) is 5.91 Å². The van der Waals surface area contributed by atoms with Crippen LogP contribution in [0.5, 0.6) is 0 Å². The van der Waals surface area contributed by atoms with Crippen molar-refractivity contribution < 1.29 is 78.4 Å². The highest BCUT2D eigenvalue weighted by atomic mass is 79.9. The number of benzene rings is 2. The molecule has 0 spiro atoms. The number of nitrogens with one attached hydrogen (secondary N) is 1. The second kappa shape index (κ2) is 20.0. The Bertz CT molecular complexity index is 1580. The van der Waals surface area contributed by atoms with E-state index < -0.39 is 36.4 Å². The summed E-state index contributed by atoms with van der Waals surface area (Å²) in [6, 6.07) is 16.5. The molecule has 1 aromatic heterocycles. The fourth-order valence-electron chi connectivity index (χ4n) is 3.78. The zero-order chi connectivity index (χ0) is 39.9. The van der Waals surface area contributed by atoms with Crippen LogP contribution in [-0.2, 0) is 20.8 Å². The van der Waals surface area contributed by atoms with Gasteiger partial charge in [0, 0.05) is 66.5 Å². The standard InChI is InChI=1S/C24H24BrFN4O.3C2HF3O2/c25-20-15-19(24(31)28-10-5-18-3-1-2-4-23(18)26)16-22(17-20)30-13-11-29(12-14-30)21-6-8-27-9-7-21;3*3-2(4,5)1(6)7/h1-4,6-9,15-17H,5,10-14H2,(H,28,31);3*(H,6,7). The molecule has 1 aliphatic rings. The molecule has 0 radical (unpaired) electrons. The lowest BCUT2D eigenvalue weighted by Crippen LogP contribution is -2.46. The van der Waals surface area contributed by atoms with E-state index in [4.69, 9.17) is 29.7 Å². The Hall–Kier alpha value is -5.15. The molecule has 1 saturated heterocycles. The Morgan fingerprint density at radius 2 is 1.12 bits per heavy atom. The first-order chi connectivity index (χ1) is 23.9. The molecule has 3 aromatic rings. The van der Waals surface area contributed by atoms with Gasteiger partial charge in [-0.2, -0.15) is 39.5 Å². The maximum atomic E-state index is 13.8. The quantitative estimate of drug-likeness (QED) is 0.212. The maximum Gasteiger partial charge on any atom is 0.490 e. The average Bonchev–Trinajstić information content (AvgIpc) is 3.05. The third-order valence-corrected chi connectivity index (χ3v) is 6.64. The number of anilines is 2. The van der Waals surface area contributed by atoms with E-state index in [1.165, 1.54) is 11.8 Å². The molecule has 4 N–H and O–H groups in total. The van der Waals surface area contributed by atoms with Gasteiger partial charge in [-0.3, -0.25) is 9.78 Å². The lowest BCUT2D eigenvalue weighted by Gasteiger charge is -2.37. The first-order valence-corrected chi connectivity index (χ1v) is 14.8. The molecule has 0 bridgehead atoms. The number of carboxylic acids is 3. The van der Waals surface area contributed by atoms with Crippen molar-refractivity contribution in [3.05, 3.63) is 88.4 Å². The average molecular weight is 825 g/mol. The van der Waals surface area contributed by atoms with Crippen LogP contribution in [0.25, 0.3) is 0 Å². The van der Waals surface area contributed by atoms with Crippen LogP contribution in [0.4, 0.5) is 55.3 Å². The van der Waals surface area contributed by atoms with Gasteiger partial charge in [0.15, 0.2) is 0 Å². The lowest BCUT2D eigenvalue weighted by atomic mass is 10.1. The number of halogens is 11. The van der Waals surface area contributed by atoms with Crippen molar-refractivity contribution in [2.24, 2.45) is 0 Å². The van der Waals surface area contributed by atoms with Crippen molar-refractivity contribution in [3.63, 3.8) is 0 Å². The van der Waals surface area contributed by atoms with Gasteiger partial charge in [-0.25, -0.2) is 18.8 Å². The number of carbonyl (C=O) groups is 4. The summed E-state index contributed by atoms with van der Waals surface area (Å²) in [6.45, 7) is 3.92. The highest BCUT2D eigenvalue weighted by molar-refractivity contribution is 9.10. The second-order valence-corrected chi connectivity index (χ2v) is 10.8. The Labute approximate surface area is 295 Å². The number of carbonyl (C=O) groups excluding carboxylic acids is 1. The number of hydrogen-bond donors (Lipinski definition) is 4. The number of aliphatic carboxylic acids is 3. The molecular weight excluding hydrogens is 798 g/mol. The van der Waals surface area contributed by atoms with E-state index in [-0.39, 0.29) is 11.7 Å². The van der Waals surface area contributed by atoms with Gasteiger partial charge in [-0.15, -0.1) is 0 Å². The third-order valence-electron chi connectivity index (χ3n) is 6.18. The van der Waals surface area contributed by atoms with E-state index in [1.807, 2.05) is 42.7 Å². The topological polar surface area (TPSA) is 160 Å². The lowest BCUT2D eigenvalue weighted by molar-refractivity contribution is -0.193. The molecule has 1 amide bonds. The summed E-state index contributed by atoms with van der Waals surface area (Å²) in [5.41, 5.74) is 3.39. The number of amides is 1. The van der Waals surface area contributed by atoms with E-state index in [0.717, 1.165) is 36.3 Å². The van der Waals surface area contributed by atoms with Crippen LogP contribution in [0, 0.1) is 5.82 Å². The van der Waals surface area contributed by atoms with Crippen molar-refractivity contribution in [2.45, 2.75) is 24.9 Å². The molecule has 286 valence electrons. The highest BCUT2D eigenvalue weighted by Gasteiger charge is 2.39. The normalized spacial score (nSPS) is 12.8. The fraction of sp³-hybridized carbons (Fsp3) is 0.300. The number of nitrogens with zero attached hydrogens (tertiary/aromatic N) is 3. The van der Waals surface area contributed by atoms with Crippen molar-refractivity contribution in [3.8, 4) is 0 Å². The molecule has 22 heteroatoms. The number of aromatic nitrogens is 1. The SMILES string of the molecule is O=C(NCCc1ccccc1F)c1cc(Br)cc(N2CCN(c3ccncc3)CC2)c1.O=C(O)C(F)(F)F.O=C(O)C(F)(F)F.O=C(O)C(F)(F)F. The molecule has 4 rings (SSSR count). The Morgan fingerprint density at radius 3 is 1.54 bits per heavy atom. The first-order valence-electron chi connectivity index (χ1n) is 14.1. The van der Waals surface area contributed by atoms with Crippen molar-refractivity contribution >= 4 is 51.1 Å². The molecule has 11 nitrogen and oxygen atoms in total. The number of rotatable bonds is 6. The molecule has 0 atom stereocenters. The molecule has 2 heterocycles. The van der Waals surface area contributed by atoms with Crippen molar-refractivity contribution in [2.75, 3.05) is 42.5 Å². The van der Waals surface area contributed by atoms with Crippen LogP contribution >= 0.6 is 15.9 Å². The van der Waals surface area contributed by atoms with Crippen LogP contribution in [-0.4, -0.2) is 95.4 Å². The molecular formula is C30H27BrF10N4O7. The summed E-state index contributed by atoms with van der Waals surface area (Å²) in [5.74, 6) is -8.67. The van der Waals surface area contributed by atoms with E-state index in [2.05, 4.69) is 36.0 Å². The molecule has 0 saturated carbocycles. The summed E-state index contributed by atoms with van der Waals surface area (Å²) < 4.78 is 110. The number of hydrogen-bond acceptors (Lipinski definition) is 7. The molecule has 1 aliphatic heterocycles. The number of alkyl halides is 9. The van der Waals surface area contributed by atoms with Gasteiger partial charge in [-0.05, 0) is 48.4 Å². The van der Waals surface area contributed by atoms with Crippen molar-refractivity contribution in [1.82, 2.24) is 10.3 Å². The predicted octanol–water partition coefficient (Wildman–Crippen LogP) is 6.18. The van der Waals surface area contributed by atoms with E-state index in [0.29, 0.717) is 24.1 Å². The number of pyridine rings is 1. The van der Waals surface area contributed by atoms with Crippen molar-refractivity contribution in [1.29, 1.82) is 0 Å². The zero-order valence-electron chi connectivity index (χ0n) is 26.1. The summed E-state index contributed by atoms with van der Waals surface area (Å²) in [5, 5.41) is 24.3. The summed E-state index contributed by atoms with van der Waals surface area (Å²) in [6.07, 6.45) is -11.2. The predicted molar refractivity (Wildman–Crippen MR) is 166 cm³/mol. The number of carboxylic acid groups (broad SMARTS) is 3. The van der Waals surface area contributed by atoms with Gasteiger partial charge < -0.3 is 30.4 Å². The maximum absolute atomic E-state index is 13.8. The minimum Gasteiger partial charge on any atom is -0.475 e. The molecule has 0 aliphatic carbocycles. The van der Waals surface area contributed by atoms with E-state index >= 15 is 0 Å². The Morgan fingerprint density at radius 1 is 0.692 bits per heavy atom. The molecule has 1 fully saturated rings.